The highest BCUT2D eigenvalue weighted by molar-refractivity contribution is 8.02. The first-order valence-corrected chi connectivity index (χ1v) is 8.60. The molecule has 24 heavy (non-hydrogen) atoms. The molecular formula is C19H19NO3S. The predicted molar refractivity (Wildman–Crippen MR) is 98.0 cm³/mol. The van der Waals surface area contributed by atoms with Gasteiger partial charge in [0, 0.05) is 16.5 Å². The molecule has 1 aliphatic rings. The second kappa shape index (κ2) is 7.45. The molecule has 2 aromatic carbocycles. The number of amides is 1. The number of ether oxygens (including phenoxy) is 2. The topological polar surface area (TPSA) is 47.6 Å². The van der Waals surface area contributed by atoms with E-state index in [1.807, 2.05) is 18.2 Å². The number of para-hydroxylation sites is 1. The van der Waals surface area contributed by atoms with E-state index in [9.17, 15) is 4.79 Å². The van der Waals surface area contributed by atoms with Crippen LogP contribution >= 0.6 is 11.8 Å². The fourth-order valence-electron chi connectivity index (χ4n) is 2.65. The van der Waals surface area contributed by atoms with E-state index in [1.54, 1.807) is 44.2 Å². The Morgan fingerprint density at radius 2 is 1.92 bits per heavy atom. The van der Waals surface area contributed by atoms with Crippen molar-refractivity contribution in [3.63, 3.8) is 0 Å². The van der Waals surface area contributed by atoms with E-state index < -0.39 is 0 Å². The molecule has 124 valence electrons. The minimum Gasteiger partial charge on any atom is -0.493 e. The highest BCUT2D eigenvalue weighted by atomic mass is 32.2. The lowest BCUT2D eigenvalue weighted by molar-refractivity contribution is 0.102. The molecule has 0 spiro atoms. The number of benzene rings is 2. The Hall–Kier alpha value is -2.40. The Kier molecular flexibility index (Phi) is 5.11. The lowest BCUT2D eigenvalue weighted by Crippen LogP contribution is -2.14. The first-order chi connectivity index (χ1) is 11.7. The number of rotatable bonds is 5. The highest BCUT2D eigenvalue weighted by Crippen LogP contribution is 2.41. The first kappa shape index (κ1) is 16.5. The van der Waals surface area contributed by atoms with Crippen LogP contribution in [0.25, 0.3) is 0 Å². The SMILES string of the molecule is COc1ccc(C(=O)Nc2ccccc2C2CC=CS2)cc1OC. The molecule has 2 aromatic rings. The third kappa shape index (κ3) is 3.41. The third-order valence-corrected chi connectivity index (χ3v) is 5.02. The van der Waals surface area contributed by atoms with Crippen molar-refractivity contribution >= 4 is 23.4 Å². The summed E-state index contributed by atoms with van der Waals surface area (Å²) in [6.45, 7) is 0. The van der Waals surface area contributed by atoms with Gasteiger partial charge in [-0.05, 0) is 41.7 Å². The van der Waals surface area contributed by atoms with Gasteiger partial charge < -0.3 is 14.8 Å². The van der Waals surface area contributed by atoms with E-state index >= 15 is 0 Å². The van der Waals surface area contributed by atoms with Crippen molar-refractivity contribution in [3.8, 4) is 11.5 Å². The van der Waals surface area contributed by atoms with Crippen molar-refractivity contribution < 1.29 is 14.3 Å². The number of nitrogens with one attached hydrogen (secondary N) is 1. The minimum absolute atomic E-state index is 0.167. The van der Waals surface area contributed by atoms with Crippen molar-refractivity contribution in [3.05, 3.63) is 65.1 Å². The van der Waals surface area contributed by atoms with Gasteiger partial charge in [0.25, 0.3) is 5.91 Å². The van der Waals surface area contributed by atoms with Gasteiger partial charge in [0.1, 0.15) is 0 Å². The molecule has 1 atom stereocenters. The molecule has 1 aliphatic heterocycles. The molecule has 1 heterocycles. The predicted octanol–water partition coefficient (Wildman–Crippen LogP) is 4.65. The van der Waals surface area contributed by atoms with E-state index in [0.29, 0.717) is 22.3 Å². The fraction of sp³-hybridized carbons (Fsp3) is 0.211. The van der Waals surface area contributed by atoms with Crippen LogP contribution in [-0.2, 0) is 0 Å². The van der Waals surface area contributed by atoms with Crippen LogP contribution in [0.3, 0.4) is 0 Å². The zero-order chi connectivity index (χ0) is 16.9. The Labute approximate surface area is 145 Å². The van der Waals surface area contributed by atoms with Gasteiger partial charge >= 0.3 is 0 Å². The monoisotopic (exact) mass is 341 g/mol. The van der Waals surface area contributed by atoms with Crippen LogP contribution in [0, 0.1) is 0 Å². The zero-order valence-electron chi connectivity index (χ0n) is 13.6. The van der Waals surface area contributed by atoms with Gasteiger partial charge in [-0.1, -0.05) is 24.3 Å². The molecule has 1 amide bonds. The second-order valence-electron chi connectivity index (χ2n) is 5.34. The van der Waals surface area contributed by atoms with Crippen LogP contribution in [0.5, 0.6) is 11.5 Å². The third-order valence-electron chi connectivity index (χ3n) is 3.89. The van der Waals surface area contributed by atoms with Crippen LogP contribution < -0.4 is 14.8 Å². The van der Waals surface area contributed by atoms with Gasteiger partial charge in [-0.25, -0.2) is 0 Å². The molecule has 0 saturated heterocycles. The Morgan fingerprint density at radius 3 is 2.62 bits per heavy atom. The maximum atomic E-state index is 12.6. The van der Waals surface area contributed by atoms with Gasteiger partial charge in [0.15, 0.2) is 11.5 Å². The van der Waals surface area contributed by atoms with Gasteiger partial charge in [0.05, 0.1) is 14.2 Å². The quantitative estimate of drug-likeness (QED) is 0.860. The Morgan fingerprint density at radius 1 is 1.12 bits per heavy atom. The van der Waals surface area contributed by atoms with Crippen LogP contribution in [0.1, 0.15) is 27.6 Å². The molecule has 0 saturated carbocycles. The van der Waals surface area contributed by atoms with E-state index in [4.69, 9.17) is 9.47 Å². The standard InChI is InChI=1S/C19H19NO3S/c1-22-16-10-9-13(12-17(16)23-2)19(21)20-15-7-4-3-6-14(15)18-8-5-11-24-18/h3-7,9-12,18H,8H2,1-2H3,(H,20,21). The molecule has 1 N–H and O–H groups in total. The summed E-state index contributed by atoms with van der Waals surface area (Å²) in [5.41, 5.74) is 2.51. The normalized spacial score (nSPS) is 16.0. The summed E-state index contributed by atoms with van der Waals surface area (Å²) in [4.78, 5) is 12.6. The van der Waals surface area contributed by atoms with Gasteiger partial charge in [-0.15, -0.1) is 11.8 Å². The van der Waals surface area contributed by atoms with Crippen molar-refractivity contribution in [2.75, 3.05) is 19.5 Å². The first-order valence-electron chi connectivity index (χ1n) is 7.65. The number of carbonyl (C=O) groups is 1. The molecule has 0 radical (unpaired) electrons. The van der Waals surface area contributed by atoms with Crippen molar-refractivity contribution in [2.24, 2.45) is 0 Å². The van der Waals surface area contributed by atoms with Crippen LogP contribution in [0.2, 0.25) is 0 Å². The largest absolute Gasteiger partial charge is 0.493 e. The summed E-state index contributed by atoms with van der Waals surface area (Å²) in [7, 11) is 3.13. The van der Waals surface area contributed by atoms with Crippen LogP contribution in [0.4, 0.5) is 5.69 Å². The smallest absolute Gasteiger partial charge is 0.255 e. The number of methoxy groups -OCH3 is 2. The number of hydrogen-bond acceptors (Lipinski definition) is 4. The molecule has 0 fully saturated rings. The zero-order valence-corrected chi connectivity index (χ0v) is 14.4. The summed E-state index contributed by atoms with van der Waals surface area (Å²) in [6, 6.07) is 13.1. The summed E-state index contributed by atoms with van der Waals surface area (Å²) < 4.78 is 10.5. The number of anilines is 1. The van der Waals surface area contributed by atoms with Crippen molar-refractivity contribution in [2.45, 2.75) is 11.7 Å². The maximum absolute atomic E-state index is 12.6. The fourth-order valence-corrected chi connectivity index (χ4v) is 3.64. The molecule has 0 aromatic heterocycles. The average molecular weight is 341 g/mol. The molecule has 0 bridgehead atoms. The van der Waals surface area contributed by atoms with E-state index in [2.05, 4.69) is 22.9 Å². The van der Waals surface area contributed by atoms with Crippen molar-refractivity contribution in [1.82, 2.24) is 0 Å². The highest BCUT2D eigenvalue weighted by Gasteiger charge is 2.19. The van der Waals surface area contributed by atoms with Crippen molar-refractivity contribution in [1.29, 1.82) is 0 Å². The van der Waals surface area contributed by atoms with E-state index in [-0.39, 0.29) is 5.91 Å². The number of thioether (sulfide) groups is 1. The lowest BCUT2D eigenvalue weighted by Gasteiger charge is -2.16. The second-order valence-corrected chi connectivity index (χ2v) is 6.46. The summed E-state index contributed by atoms with van der Waals surface area (Å²) in [5, 5.41) is 5.48. The number of hydrogen-bond donors (Lipinski definition) is 1. The maximum Gasteiger partial charge on any atom is 0.255 e. The lowest BCUT2D eigenvalue weighted by atomic mass is 10.1. The summed E-state index contributed by atoms with van der Waals surface area (Å²) >= 11 is 1.78. The summed E-state index contributed by atoms with van der Waals surface area (Å²) in [5.74, 6) is 0.969. The van der Waals surface area contributed by atoms with Crippen LogP contribution in [-0.4, -0.2) is 20.1 Å². The minimum atomic E-state index is -0.167. The van der Waals surface area contributed by atoms with Gasteiger partial charge in [0.2, 0.25) is 0 Å². The van der Waals surface area contributed by atoms with E-state index in [1.165, 1.54) is 0 Å². The molecular weight excluding hydrogens is 322 g/mol. The number of carbonyl (C=O) groups excluding carboxylic acids is 1. The number of allylic oxidation sites excluding steroid dienone is 1. The molecule has 3 rings (SSSR count). The van der Waals surface area contributed by atoms with E-state index in [0.717, 1.165) is 17.7 Å². The molecule has 1 unspecified atom stereocenters. The molecule has 0 aliphatic carbocycles. The van der Waals surface area contributed by atoms with Gasteiger partial charge in [-0.3, -0.25) is 4.79 Å². The molecule has 5 heteroatoms. The average Bonchev–Trinajstić information content (AvgIpc) is 3.16. The Balaban J connectivity index is 1.83. The van der Waals surface area contributed by atoms with Crippen LogP contribution in [0.15, 0.2) is 53.9 Å². The summed E-state index contributed by atoms with van der Waals surface area (Å²) in [6.07, 6.45) is 3.14. The Bertz CT molecular complexity index is 765. The van der Waals surface area contributed by atoms with Gasteiger partial charge in [-0.2, -0.15) is 0 Å². The molecule has 4 nitrogen and oxygen atoms in total.